The van der Waals surface area contributed by atoms with E-state index in [1.165, 1.54) is 0 Å². The number of hydrogen-bond acceptors (Lipinski definition) is 4. The number of thioether (sulfide) groups is 1. The fourth-order valence-corrected chi connectivity index (χ4v) is 4.52. The maximum Gasteiger partial charge on any atom is 0.256 e. The topological polar surface area (TPSA) is 52.7 Å². The molecule has 1 N–H and O–H groups in total. The number of nitrogens with one attached hydrogen (secondary N) is 1. The number of benzene rings is 1. The van der Waals surface area contributed by atoms with Crippen LogP contribution in [0.15, 0.2) is 18.2 Å². The van der Waals surface area contributed by atoms with E-state index in [1.807, 2.05) is 25.9 Å². The van der Waals surface area contributed by atoms with Gasteiger partial charge < -0.3 is 15.1 Å². The lowest BCUT2D eigenvalue weighted by Crippen LogP contribution is -2.50. The Morgan fingerprint density at radius 1 is 1.36 bits per heavy atom. The highest BCUT2D eigenvalue weighted by Crippen LogP contribution is 2.34. The minimum absolute atomic E-state index is 0.0381. The Morgan fingerprint density at radius 2 is 2.08 bits per heavy atom. The van der Waals surface area contributed by atoms with Gasteiger partial charge in [-0.05, 0) is 38.7 Å². The van der Waals surface area contributed by atoms with Gasteiger partial charge in [-0.1, -0.05) is 30.1 Å². The van der Waals surface area contributed by atoms with Crippen LogP contribution in [-0.2, 0) is 4.79 Å². The van der Waals surface area contributed by atoms with E-state index in [2.05, 4.69) is 5.32 Å². The van der Waals surface area contributed by atoms with Crippen molar-refractivity contribution in [2.24, 2.45) is 0 Å². The highest BCUT2D eigenvalue weighted by atomic mass is 35.5. The molecule has 0 unspecified atom stereocenters. The molecule has 0 spiro atoms. The summed E-state index contributed by atoms with van der Waals surface area (Å²) in [6.45, 7) is 3.31. The largest absolute Gasteiger partial charge is 0.353 e. The lowest BCUT2D eigenvalue weighted by atomic mass is 10.1. The molecule has 0 bridgehead atoms. The molecule has 2 amide bonds. The van der Waals surface area contributed by atoms with E-state index in [-0.39, 0.29) is 17.2 Å². The van der Waals surface area contributed by atoms with Crippen LogP contribution in [0, 0.1) is 0 Å². The standard InChI is InChI=1S/C17H23Cl2N3O2S/c1-4-15-22(17(24)12-6-5-11(18)9-13(12)19)14(10-25-15)16(23)20-7-8-21(2)3/h5-6,9,14-15H,4,7-8,10H2,1-3H3,(H,20,23)/t14-,15-/m0/s1. The summed E-state index contributed by atoms with van der Waals surface area (Å²) in [4.78, 5) is 29.3. The van der Waals surface area contributed by atoms with E-state index in [0.29, 0.717) is 27.9 Å². The highest BCUT2D eigenvalue weighted by molar-refractivity contribution is 8.00. The first-order valence-electron chi connectivity index (χ1n) is 8.17. The number of amides is 2. The molecule has 1 fully saturated rings. The number of halogens is 2. The molecule has 8 heteroatoms. The first kappa shape index (κ1) is 20.4. The number of rotatable bonds is 6. The Labute approximate surface area is 163 Å². The zero-order valence-electron chi connectivity index (χ0n) is 14.6. The lowest BCUT2D eigenvalue weighted by Gasteiger charge is -2.28. The van der Waals surface area contributed by atoms with E-state index in [4.69, 9.17) is 23.2 Å². The van der Waals surface area contributed by atoms with Crippen molar-refractivity contribution in [2.75, 3.05) is 32.9 Å². The minimum atomic E-state index is -0.489. The van der Waals surface area contributed by atoms with Crippen molar-refractivity contribution in [3.8, 4) is 0 Å². The minimum Gasteiger partial charge on any atom is -0.353 e. The smallest absolute Gasteiger partial charge is 0.256 e. The lowest BCUT2D eigenvalue weighted by molar-refractivity contribution is -0.124. The van der Waals surface area contributed by atoms with Crippen molar-refractivity contribution < 1.29 is 9.59 Å². The Bertz CT molecular complexity index is 642. The van der Waals surface area contributed by atoms with E-state index in [0.717, 1.165) is 13.0 Å². The van der Waals surface area contributed by atoms with Crippen molar-refractivity contribution in [1.29, 1.82) is 0 Å². The fourth-order valence-electron chi connectivity index (χ4n) is 2.67. The average molecular weight is 404 g/mol. The van der Waals surface area contributed by atoms with Crippen molar-refractivity contribution in [1.82, 2.24) is 15.1 Å². The predicted molar refractivity (Wildman–Crippen MR) is 105 cm³/mol. The van der Waals surface area contributed by atoms with Crippen LogP contribution < -0.4 is 5.32 Å². The molecule has 2 atom stereocenters. The molecule has 0 aromatic heterocycles. The van der Waals surface area contributed by atoms with Crippen LogP contribution in [0.2, 0.25) is 10.0 Å². The second-order valence-electron chi connectivity index (χ2n) is 6.14. The molecule has 0 radical (unpaired) electrons. The van der Waals surface area contributed by atoms with Crippen LogP contribution in [0.1, 0.15) is 23.7 Å². The number of hydrogen-bond donors (Lipinski definition) is 1. The zero-order chi connectivity index (χ0) is 18.6. The summed E-state index contributed by atoms with van der Waals surface area (Å²) < 4.78 is 0. The summed E-state index contributed by atoms with van der Waals surface area (Å²) in [7, 11) is 3.89. The quantitative estimate of drug-likeness (QED) is 0.792. The van der Waals surface area contributed by atoms with Gasteiger partial charge >= 0.3 is 0 Å². The Morgan fingerprint density at radius 3 is 2.68 bits per heavy atom. The third-order valence-corrected chi connectivity index (χ3v) is 6.00. The predicted octanol–water partition coefficient (Wildman–Crippen LogP) is 2.96. The zero-order valence-corrected chi connectivity index (χ0v) is 16.9. The van der Waals surface area contributed by atoms with Gasteiger partial charge in [0.15, 0.2) is 0 Å². The van der Waals surface area contributed by atoms with Gasteiger partial charge in [0, 0.05) is 23.9 Å². The molecule has 138 valence electrons. The van der Waals surface area contributed by atoms with Gasteiger partial charge in [0.2, 0.25) is 5.91 Å². The van der Waals surface area contributed by atoms with Crippen LogP contribution in [-0.4, -0.2) is 66.0 Å². The van der Waals surface area contributed by atoms with E-state index in [1.54, 1.807) is 34.9 Å². The van der Waals surface area contributed by atoms with Crippen molar-refractivity contribution in [3.63, 3.8) is 0 Å². The average Bonchev–Trinajstić information content (AvgIpc) is 2.97. The van der Waals surface area contributed by atoms with Gasteiger partial charge in [-0.2, -0.15) is 0 Å². The molecule has 1 aromatic carbocycles. The third-order valence-electron chi connectivity index (χ3n) is 4.00. The summed E-state index contributed by atoms with van der Waals surface area (Å²) in [6.07, 6.45) is 0.767. The second kappa shape index (κ2) is 9.12. The number of nitrogens with zero attached hydrogens (tertiary/aromatic N) is 2. The first-order chi connectivity index (χ1) is 11.8. The van der Waals surface area contributed by atoms with Gasteiger partial charge in [0.05, 0.1) is 16.0 Å². The number of carbonyl (C=O) groups excluding carboxylic acids is 2. The molecule has 0 saturated carbocycles. The molecule has 25 heavy (non-hydrogen) atoms. The SMILES string of the molecule is CC[C@@H]1SC[C@@H](C(=O)NCCN(C)C)N1C(=O)c1ccc(Cl)cc1Cl. The maximum absolute atomic E-state index is 13.0. The molecular weight excluding hydrogens is 381 g/mol. The summed E-state index contributed by atoms with van der Waals surface area (Å²) >= 11 is 13.7. The van der Waals surface area contributed by atoms with Crippen molar-refractivity contribution in [2.45, 2.75) is 24.8 Å². The van der Waals surface area contributed by atoms with Crippen LogP contribution in [0.3, 0.4) is 0 Å². The Kier molecular flexibility index (Phi) is 7.43. The molecule has 1 heterocycles. The molecule has 1 aromatic rings. The van der Waals surface area contributed by atoms with Crippen LogP contribution in [0.5, 0.6) is 0 Å². The molecule has 1 saturated heterocycles. The summed E-state index contributed by atoms with van der Waals surface area (Å²) in [5.74, 6) is 0.235. The molecular formula is C17H23Cl2N3O2S. The summed E-state index contributed by atoms with van der Waals surface area (Å²) in [5.41, 5.74) is 0.373. The van der Waals surface area contributed by atoms with Crippen molar-refractivity contribution >= 4 is 46.8 Å². The van der Waals surface area contributed by atoms with Gasteiger partial charge in [0.1, 0.15) is 6.04 Å². The molecule has 2 rings (SSSR count). The third kappa shape index (κ3) is 5.03. The number of carbonyl (C=O) groups is 2. The molecule has 5 nitrogen and oxygen atoms in total. The van der Waals surface area contributed by atoms with Gasteiger partial charge in [-0.15, -0.1) is 11.8 Å². The second-order valence-corrected chi connectivity index (χ2v) is 8.20. The summed E-state index contributed by atoms with van der Waals surface area (Å²) in [6, 6.07) is 4.31. The van der Waals surface area contributed by atoms with E-state index in [9.17, 15) is 9.59 Å². The summed E-state index contributed by atoms with van der Waals surface area (Å²) in [5, 5.41) is 3.66. The van der Waals surface area contributed by atoms with Crippen LogP contribution in [0.25, 0.3) is 0 Å². The maximum atomic E-state index is 13.0. The molecule has 0 aliphatic carbocycles. The van der Waals surface area contributed by atoms with Crippen LogP contribution in [0.4, 0.5) is 0 Å². The van der Waals surface area contributed by atoms with E-state index >= 15 is 0 Å². The van der Waals surface area contributed by atoms with Gasteiger partial charge in [0.25, 0.3) is 5.91 Å². The number of likely N-dealkylation sites (N-methyl/N-ethyl adjacent to an activating group) is 1. The normalized spacial score (nSPS) is 20.2. The highest BCUT2D eigenvalue weighted by Gasteiger charge is 2.41. The Balaban J connectivity index is 2.18. The first-order valence-corrected chi connectivity index (χ1v) is 9.97. The molecule has 1 aliphatic rings. The molecule has 1 aliphatic heterocycles. The van der Waals surface area contributed by atoms with Gasteiger partial charge in [-0.25, -0.2) is 0 Å². The monoisotopic (exact) mass is 403 g/mol. The van der Waals surface area contributed by atoms with Crippen LogP contribution >= 0.6 is 35.0 Å². The van der Waals surface area contributed by atoms with Crippen molar-refractivity contribution in [3.05, 3.63) is 33.8 Å². The Hall–Kier alpha value is -0.950. The van der Waals surface area contributed by atoms with Gasteiger partial charge in [-0.3, -0.25) is 9.59 Å². The van der Waals surface area contributed by atoms with E-state index < -0.39 is 6.04 Å². The fraction of sp³-hybridized carbons (Fsp3) is 0.529.